The van der Waals surface area contributed by atoms with Crippen molar-refractivity contribution in [3.8, 4) is 0 Å². The lowest BCUT2D eigenvalue weighted by Crippen LogP contribution is -2.25. The number of rotatable bonds is 2. The minimum absolute atomic E-state index is 0.0427. The van der Waals surface area contributed by atoms with E-state index in [1.165, 1.54) is 19.0 Å². The molecule has 0 aliphatic heterocycles. The number of nitrogens with zero attached hydrogens (tertiary/aromatic N) is 2. The van der Waals surface area contributed by atoms with Gasteiger partial charge in [-0.05, 0) is 42.9 Å². The van der Waals surface area contributed by atoms with Crippen LogP contribution in [0.15, 0.2) is 12.0 Å². The van der Waals surface area contributed by atoms with Gasteiger partial charge in [-0.15, -0.1) is 0 Å². The van der Waals surface area contributed by atoms with Crippen LogP contribution in [0.1, 0.15) is 43.5 Å². The predicted octanol–water partition coefficient (Wildman–Crippen LogP) is 3.92. The maximum absolute atomic E-state index is 10.7. The van der Waals surface area contributed by atoms with Crippen LogP contribution < -0.4 is 0 Å². The van der Waals surface area contributed by atoms with Crippen LogP contribution in [0.25, 0.3) is 5.57 Å². The number of hydrogen-bond acceptors (Lipinski definition) is 5. The number of thiazole rings is 1. The molecule has 1 saturated carbocycles. The van der Waals surface area contributed by atoms with Crippen LogP contribution in [0.4, 0.5) is 5.00 Å². The van der Waals surface area contributed by atoms with E-state index in [2.05, 4.69) is 4.98 Å². The molecule has 19 heavy (non-hydrogen) atoms. The van der Waals surface area contributed by atoms with Gasteiger partial charge in [0.15, 0.2) is 0 Å². The molecule has 1 heterocycles. The van der Waals surface area contributed by atoms with Crippen molar-refractivity contribution in [2.24, 2.45) is 11.8 Å². The SMILES string of the molecule is O=[N+]([O-])c1cnc(C2=C(O)[C@H]3CCCC[C@H]3CC2)s1. The van der Waals surface area contributed by atoms with Gasteiger partial charge in [0.05, 0.1) is 4.92 Å². The molecule has 2 aliphatic rings. The molecule has 2 atom stereocenters. The van der Waals surface area contributed by atoms with E-state index in [1.807, 2.05) is 0 Å². The summed E-state index contributed by atoms with van der Waals surface area (Å²) in [6.07, 6.45) is 7.79. The molecule has 0 spiro atoms. The van der Waals surface area contributed by atoms with Crippen molar-refractivity contribution >= 4 is 21.9 Å². The lowest BCUT2D eigenvalue weighted by Gasteiger charge is -2.35. The smallest absolute Gasteiger partial charge is 0.344 e. The molecular weight excluding hydrogens is 264 g/mol. The maximum Gasteiger partial charge on any atom is 0.344 e. The quantitative estimate of drug-likeness (QED) is 0.658. The van der Waals surface area contributed by atoms with E-state index >= 15 is 0 Å². The minimum atomic E-state index is -0.426. The Morgan fingerprint density at radius 2 is 2.16 bits per heavy atom. The molecule has 0 amide bonds. The standard InChI is InChI=1S/C13H16N2O3S/c16-12-9-4-2-1-3-8(9)5-6-10(12)13-14-7-11(19-13)15(17)18/h7-9,16H,1-6H2/t8-,9-/m0/s1. The highest BCUT2D eigenvalue weighted by atomic mass is 32.1. The molecular formula is C13H16N2O3S. The summed E-state index contributed by atoms with van der Waals surface area (Å²) in [6.45, 7) is 0. The zero-order chi connectivity index (χ0) is 13.4. The number of fused-ring (bicyclic) bond motifs is 1. The van der Waals surface area contributed by atoms with Crippen molar-refractivity contribution in [3.05, 3.63) is 27.1 Å². The molecule has 0 aromatic carbocycles. The van der Waals surface area contributed by atoms with E-state index in [9.17, 15) is 15.2 Å². The first-order valence-electron chi connectivity index (χ1n) is 6.69. The van der Waals surface area contributed by atoms with Crippen molar-refractivity contribution in [1.29, 1.82) is 0 Å². The van der Waals surface area contributed by atoms with Gasteiger partial charge in [-0.1, -0.05) is 12.8 Å². The highest BCUT2D eigenvalue weighted by Gasteiger charge is 2.34. The van der Waals surface area contributed by atoms with Gasteiger partial charge in [0.2, 0.25) is 0 Å². The third-order valence-electron chi connectivity index (χ3n) is 4.27. The van der Waals surface area contributed by atoms with E-state index < -0.39 is 4.92 Å². The van der Waals surface area contributed by atoms with E-state index in [4.69, 9.17) is 0 Å². The molecule has 3 rings (SSSR count). The lowest BCUT2D eigenvalue weighted by atomic mass is 9.71. The largest absolute Gasteiger partial charge is 0.512 e. The number of nitro groups is 1. The number of aliphatic hydroxyl groups is 1. The first-order valence-corrected chi connectivity index (χ1v) is 7.51. The highest BCUT2D eigenvalue weighted by Crippen LogP contribution is 2.46. The third-order valence-corrected chi connectivity index (χ3v) is 5.27. The molecule has 2 aliphatic carbocycles. The van der Waals surface area contributed by atoms with Crippen LogP contribution in [0.5, 0.6) is 0 Å². The summed E-state index contributed by atoms with van der Waals surface area (Å²) in [5, 5.41) is 21.8. The molecule has 0 unspecified atom stereocenters. The fraction of sp³-hybridized carbons (Fsp3) is 0.615. The summed E-state index contributed by atoms with van der Waals surface area (Å²) in [6, 6.07) is 0. The van der Waals surface area contributed by atoms with E-state index in [-0.39, 0.29) is 10.9 Å². The maximum atomic E-state index is 10.7. The summed E-state index contributed by atoms with van der Waals surface area (Å²) in [5.74, 6) is 1.29. The van der Waals surface area contributed by atoms with Crippen molar-refractivity contribution < 1.29 is 10.0 Å². The van der Waals surface area contributed by atoms with Gasteiger partial charge in [-0.3, -0.25) is 10.1 Å². The second-order valence-corrected chi connectivity index (χ2v) is 6.32. The van der Waals surface area contributed by atoms with Gasteiger partial charge in [-0.2, -0.15) is 0 Å². The Kier molecular flexibility index (Phi) is 3.26. The molecule has 1 aromatic heterocycles. The van der Waals surface area contributed by atoms with E-state index in [0.717, 1.165) is 42.6 Å². The van der Waals surface area contributed by atoms with Gasteiger partial charge < -0.3 is 5.11 Å². The first kappa shape index (κ1) is 12.6. The average molecular weight is 280 g/mol. The van der Waals surface area contributed by atoms with Crippen molar-refractivity contribution in [2.45, 2.75) is 38.5 Å². The molecule has 5 nitrogen and oxygen atoms in total. The zero-order valence-electron chi connectivity index (χ0n) is 10.5. The van der Waals surface area contributed by atoms with E-state index in [0.29, 0.717) is 16.7 Å². The Morgan fingerprint density at radius 3 is 2.89 bits per heavy atom. The fourth-order valence-electron chi connectivity index (χ4n) is 3.30. The van der Waals surface area contributed by atoms with Crippen LogP contribution in [0.2, 0.25) is 0 Å². The Balaban J connectivity index is 1.92. The van der Waals surface area contributed by atoms with Crippen LogP contribution >= 0.6 is 11.3 Å². The zero-order valence-corrected chi connectivity index (χ0v) is 11.4. The number of aliphatic hydroxyl groups excluding tert-OH is 1. The van der Waals surface area contributed by atoms with Crippen molar-refractivity contribution in [2.75, 3.05) is 0 Å². The average Bonchev–Trinajstić information content (AvgIpc) is 2.89. The van der Waals surface area contributed by atoms with Crippen LogP contribution in [-0.4, -0.2) is 15.0 Å². The Hall–Kier alpha value is -1.43. The Labute approximate surface area is 115 Å². The number of hydrogen-bond donors (Lipinski definition) is 1. The molecule has 102 valence electrons. The summed E-state index contributed by atoms with van der Waals surface area (Å²) in [5.41, 5.74) is 0.834. The minimum Gasteiger partial charge on any atom is -0.512 e. The van der Waals surface area contributed by atoms with Gasteiger partial charge >= 0.3 is 5.00 Å². The third kappa shape index (κ3) is 2.25. The Morgan fingerprint density at radius 1 is 1.37 bits per heavy atom. The second-order valence-electron chi connectivity index (χ2n) is 5.31. The van der Waals surface area contributed by atoms with Gasteiger partial charge in [0.25, 0.3) is 0 Å². The van der Waals surface area contributed by atoms with Crippen LogP contribution in [-0.2, 0) is 0 Å². The molecule has 0 saturated heterocycles. The Bertz CT molecular complexity index is 538. The molecule has 1 N–H and O–H groups in total. The monoisotopic (exact) mass is 280 g/mol. The molecule has 1 aromatic rings. The summed E-state index contributed by atoms with van der Waals surface area (Å²) in [7, 11) is 0. The number of allylic oxidation sites excluding steroid dienone is 2. The molecule has 1 fully saturated rings. The predicted molar refractivity (Wildman–Crippen MR) is 73.0 cm³/mol. The first-order chi connectivity index (χ1) is 9.16. The second kappa shape index (κ2) is 4.92. The topological polar surface area (TPSA) is 76.3 Å². The fourth-order valence-corrected chi connectivity index (χ4v) is 4.11. The van der Waals surface area contributed by atoms with Gasteiger partial charge in [0, 0.05) is 11.5 Å². The van der Waals surface area contributed by atoms with Crippen molar-refractivity contribution in [3.63, 3.8) is 0 Å². The van der Waals surface area contributed by atoms with E-state index in [1.54, 1.807) is 0 Å². The van der Waals surface area contributed by atoms with Gasteiger partial charge in [-0.25, -0.2) is 4.98 Å². The van der Waals surface area contributed by atoms with Crippen LogP contribution in [0, 0.1) is 22.0 Å². The molecule has 0 bridgehead atoms. The summed E-state index contributed by atoms with van der Waals surface area (Å²) < 4.78 is 0. The number of aromatic nitrogens is 1. The normalized spacial score (nSPS) is 27.2. The molecule has 0 radical (unpaired) electrons. The van der Waals surface area contributed by atoms with Gasteiger partial charge in [0.1, 0.15) is 17.0 Å². The highest BCUT2D eigenvalue weighted by molar-refractivity contribution is 7.15. The summed E-state index contributed by atoms with van der Waals surface area (Å²) >= 11 is 1.06. The van der Waals surface area contributed by atoms with Crippen LogP contribution in [0.3, 0.4) is 0 Å². The molecule has 6 heteroatoms. The van der Waals surface area contributed by atoms with Crippen molar-refractivity contribution in [1.82, 2.24) is 4.98 Å². The summed E-state index contributed by atoms with van der Waals surface area (Å²) in [4.78, 5) is 14.4. The lowest BCUT2D eigenvalue weighted by molar-refractivity contribution is -0.380.